The fraction of sp³-hybridized carbons (Fsp3) is 0.100. The van der Waals surface area contributed by atoms with Crippen LogP contribution in [-0.2, 0) is 6.54 Å². The molecule has 0 fully saturated rings. The van der Waals surface area contributed by atoms with Crippen LogP contribution in [-0.4, -0.2) is 9.97 Å². The lowest BCUT2D eigenvalue weighted by Crippen LogP contribution is -1.97. The maximum Gasteiger partial charge on any atom is 0.133 e. The molecule has 0 aliphatic rings. The molecule has 0 bridgehead atoms. The quantitative estimate of drug-likeness (QED) is 0.880. The van der Waals surface area contributed by atoms with E-state index < -0.39 is 0 Å². The predicted octanol–water partition coefficient (Wildman–Crippen LogP) is 2.44. The topological polar surface area (TPSA) is 54.7 Å². The van der Waals surface area contributed by atoms with Gasteiger partial charge in [-0.25, -0.2) is 9.37 Å². The van der Waals surface area contributed by atoms with Crippen molar-refractivity contribution in [3.05, 3.63) is 40.5 Å². The van der Waals surface area contributed by atoms with Crippen LogP contribution in [0, 0.1) is 5.82 Å². The van der Waals surface area contributed by atoms with E-state index in [1.54, 1.807) is 18.3 Å². The van der Waals surface area contributed by atoms with E-state index in [4.69, 9.17) is 5.73 Å². The second kappa shape index (κ2) is 4.12. The summed E-state index contributed by atoms with van der Waals surface area (Å²) in [6, 6.07) is 4.88. The van der Waals surface area contributed by atoms with Gasteiger partial charge in [-0.3, -0.25) is 0 Å². The number of H-pyrrole nitrogens is 1. The largest absolute Gasteiger partial charge is 0.341 e. The van der Waals surface area contributed by atoms with Crippen molar-refractivity contribution >= 4 is 15.9 Å². The Balaban J connectivity index is 2.44. The summed E-state index contributed by atoms with van der Waals surface area (Å²) in [5.74, 6) is 0.351. The number of nitrogens with one attached hydrogen (secondary N) is 1. The second-order valence-electron chi connectivity index (χ2n) is 3.07. The summed E-state index contributed by atoms with van der Waals surface area (Å²) in [5, 5.41) is 0. The average Bonchev–Trinajstić information content (AvgIpc) is 2.66. The minimum atomic E-state index is -0.295. The van der Waals surface area contributed by atoms with Crippen molar-refractivity contribution in [3.63, 3.8) is 0 Å². The lowest BCUT2D eigenvalue weighted by Gasteiger charge is -2.00. The Kier molecular flexibility index (Phi) is 2.83. The minimum Gasteiger partial charge on any atom is -0.341 e. The van der Waals surface area contributed by atoms with E-state index in [0.717, 1.165) is 0 Å². The number of imidazole rings is 1. The van der Waals surface area contributed by atoms with Gasteiger partial charge in [-0.2, -0.15) is 0 Å². The Morgan fingerprint density at radius 1 is 1.47 bits per heavy atom. The van der Waals surface area contributed by atoms with Gasteiger partial charge in [0.15, 0.2) is 0 Å². The zero-order chi connectivity index (χ0) is 10.8. The van der Waals surface area contributed by atoms with Gasteiger partial charge in [0.25, 0.3) is 0 Å². The van der Waals surface area contributed by atoms with Crippen molar-refractivity contribution in [1.82, 2.24) is 9.97 Å². The third-order valence-corrected chi connectivity index (χ3v) is 2.54. The van der Waals surface area contributed by atoms with E-state index in [1.807, 2.05) is 0 Å². The fourth-order valence-corrected chi connectivity index (χ4v) is 1.64. The molecule has 3 nitrogen and oxygen atoms in total. The van der Waals surface area contributed by atoms with Crippen LogP contribution >= 0.6 is 15.9 Å². The first kappa shape index (κ1) is 10.3. The number of aromatic amines is 1. The van der Waals surface area contributed by atoms with Gasteiger partial charge in [0.1, 0.15) is 11.6 Å². The highest BCUT2D eigenvalue weighted by molar-refractivity contribution is 9.10. The number of rotatable bonds is 2. The Bertz CT molecular complexity index is 481. The number of nitrogens with zero attached hydrogens (tertiary/aromatic N) is 1. The molecule has 0 spiro atoms. The monoisotopic (exact) mass is 269 g/mol. The van der Waals surface area contributed by atoms with Crippen molar-refractivity contribution in [2.75, 3.05) is 0 Å². The molecule has 0 saturated carbocycles. The van der Waals surface area contributed by atoms with E-state index in [0.29, 0.717) is 28.1 Å². The molecule has 15 heavy (non-hydrogen) atoms. The standard InChI is InChI=1S/C10H9BrFN3/c11-6-1-2-7(8(12)3-6)9-5-14-10(4-13)15-9/h1-3,5H,4,13H2,(H,14,15). The smallest absolute Gasteiger partial charge is 0.133 e. The van der Waals surface area contributed by atoms with Crippen LogP contribution < -0.4 is 5.73 Å². The lowest BCUT2D eigenvalue weighted by atomic mass is 10.1. The van der Waals surface area contributed by atoms with Gasteiger partial charge in [0.05, 0.1) is 18.4 Å². The first-order valence-electron chi connectivity index (χ1n) is 4.40. The SMILES string of the molecule is NCc1ncc(-c2ccc(Br)cc2F)[nH]1. The third kappa shape index (κ3) is 2.08. The van der Waals surface area contributed by atoms with Gasteiger partial charge in [-0.1, -0.05) is 15.9 Å². The van der Waals surface area contributed by atoms with Crippen LogP contribution in [0.2, 0.25) is 0 Å². The van der Waals surface area contributed by atoms with Crippen LogP contribution in [0.15, 0.2) is 28.9 Å². The van der Waals surface area contributed by atoms with Crippen molar-refractivity contribution in [2.45, 2.75) is 6.54 Å². The van der Waals surface area contributed by atoms with Crippen LogP contribution in [0.3, 0.4) is 0 Å². The Morgan fingerprint density at radius 2 is 2.27 bits per heavy atom. The Morgan fingerprint density at radius 3 is 2.87 bits per heavy atom. The molecule has 1 heterocycles. The van der Waals surface area contributed by atoms with Crippen molar-refractivity contribution in [1.29, 1.82) is 0 Å². The van der Waals surface area contributed by atoms with Gasteiger partial charge in [-0.05, 0) is 18.2 Å². The zero-order valence-electron chi connectivity index (χ0n) is 7.80. The van der Waals surface area contributed by atoms with Crippen molar-refractivity contribution in [2.24, 2.45) is 5.73 Å². The highest BCUT2D eigenvalue weighted by atomic mass is 79.9. The highest BCUT2D eigenvalue weighted by Crippen LogP contribution is 2.23. The summed E-state index contributed by atoms with van der Waals surface area (Å²) >= 11 is 3.20. The summed E-state index contributed by atoms with van der Waals surface area (Å²) < 4.78 is 14.3. The second-order valence-corrected chi connectivity index (χ2v) is 3.99. The molecule has 78 valence electrons. The molecule has 0 aliphatic carbocycles. The van der Waals surface area contributed by atoms with Crippen LogP contribution in [0.25, 0.3) is 11.3 Å². The van der Waals surface area contributed by atoms with E-state index >= 15 is 0 Å². The van der Waals surface area contributed by atoms with Crippen LogP contribution in [0.1, 0.15) is 5.82 Å². The predicted molar refractivity (Wildman–Crippen MR) is 59.6 cm³/mol. The van der Waals surface area contributed by atoms with Gasteiger partial charge in [0.2, 0.25) is 0 Å². The molecule has 0 amide bonds. The average molecular weight is 270 g/mol. The number of hydrogen-bond donors (Lipinski definition) is 2. The molecule has 0 atom stereocenters. The van der Waals surface area contributed by atoms with Gasteiger partial charge in [0, 0.05) is 10.0 Å². The zero-order valence-corrected chi connectivity index (χ0v) is 9.38. The van der Waals surface area contributed by atoms with E-state index in [9.17, 15) is 4.39 Å². The minimum absolute atomic E-state index is 0.295. The molecule has 1 aromatic heterocycles. The normalized spacial score (nSPS) is 10.6. The summed E-state index contributed by atoms with van der Waals surface area (Å²) in [5.41, 5.74) is 6.54. The molecular formula is C10H9BrFN3. The van der Waals surface area contributed by atoms with Crippen LogP contribution in [0.5, 0.6) is 0 Å². The molecule has 0 radical (unpaired) electrons. The molecule has 0 saturated heterocycles. The van der Waals surface area contributed by atoms with Crippen molar-refractivity contribution in [3.8, 4) is 11.3 Å². The van der Waals surface area contributed by atoms with E-state index in [-0.39, 0.29) is 5.82 Å². The Hall–Kier alpha value is -1.20. The summed E-state index contributed by atoms with van der Waals surface area (Å²) in [6.07, 6.45) is 1.58. The number of halogens is 2. The van der Waals surface area contributed by atoms with Gasteiger partial charge in [-0.15, -0.1) is 0 Å². The van der Waals surface area contributed by atoms with E-state index in [1.165, 1.54) is 6.07 Å². The van der Waals surface area contributed by atoms with E-state index in [2.05, 4.69) is 25.9 Å². The third-order valence-electron chi connectivity index (χ3n) is 2.04. The lowest BCUT2D eigenvalue weighted by molar-refractivity contribution is 0.630. The number of benzene rings is 1. The maximum atomic E-state index is 13.5. The Labute approximate surface area is 94.7 Å². The molecule has 0 aliphatic heterocycles. The van der Waals surface area contributed by atoms with Crippen molar-refractivity contribution < 1.29 is 4.39 Å². The number of nitrogens with two attached hydrogens (primary N) is 1. The molecule has 0 unspecified atom stereocenters. The van der Waals surface area contributed by atoms with Gasteiger partial charge >= 0.3 is 0 Å². The highest BCUT2D eigenvalue weighted by Gasteiger charge is 2.07. The molecule has 5 heteroatoms. The number of hydrogen-bond acceptors (Lipinski definition) is 2. The molecular weight excluding hydrogens is 261 g/mol. The van der Waals surface area contributed by atoms with Gasteiger partial charge < -0.3 is 10.7 Å². The molecule has 3 N–H and O–H groups in total. The summed E-state index contributed by atoms with van der Waals surface area (Å²) in [4.78, 5) is 6.96. The molecule has 2 aromatic rings. The number of aromatic nitrogens is 2. The summed E-state index contributed by atoms with van der Waals surface area (Å²) in [7, 11) is 0. The fourth-order valence-electron chi connectivity index (χ4n) is 1.31. The maximum absolute atomic E-state index is 13.5. The molecule has 2 rings (SSSR count). The first-order chi connectivity index (χ1) is 7.20. The van der Waals surface area contributed by atoms with Crippen LogP contribution in [0.4, 0.5) is 4.39 Å². The molecule has 1 aromatic carbocycles. The summed E-state index contributed by atoms with van der Waals surface area (Å²) in [6.45, 7) is 0.318. The first-order valence-corrected chi connectivity index (χ1v) is 5.19.